The highest BCUT2D eigenvalue weighted by Crippen LogP contribution is 2.51. The number of hydrogen-bond acceptors (Lipinski definition) is 7. The highest BCUT2D eigenvalue weighted by atomic mass is 16.6. The quantitative estimate of drug-likeness (QED) is 0.392. The molecule has 2 aliphatic heterocycles. The van der Waals surface area contributed by atoms with Crippen molar-refractivity contribution >= 4 is 17.7 Å². The van der Waals surface area contributed by atoms with Crippen molar-refractivity contribution in [2.45, 2.75) is 116 Å². The Labute approximate surface area is 210 Å². The molecule has 8 unspecified atom stereocenters. The van der Waals surface area contributed by atoms with E-state index < -0.39 is 29.3 Å². The lowest BCUT2D eigenvalue weighted by Gasteiger charge is -2.55. The summed E-state index contributed by atoms with van der Waals surface area (Å²) in [6, 6.07) is 0. The molecule has 0 aromatic carbocycles. The summed E-state index contributed by atoms with van der Waals surface area (Å²) in [5, 5.41) is 11.2. The molecule has 0 aromatic rings. The Balaban J connectivity index is 2.00. The Bertz CT molecular complexity index is 831. The van der Waals surface area contributed by atoms with Crippen molar-refractivity contribution < 1.29 is 33.7 Å². The average molecular weight is 493 g/mol. The van der Waals surface area contributed by atoms with E-state index in [2.05, 4.69) is 13.0 Å². The molecule has 3 rings (SSSR count). The summed E-state index contributed by atoms with van der Waals surface area (Å²) in [7, 11) is 0. The third-order valence-electron chi connectivity index (χ3n) is 8.31. The Hall–Kier alpha value is -1.73. The Morgan fingerprint density at radius 3 is 2.51 bits per heavy atom. The maximum Gasteiger partial charge on any atom is 0.306 e. The summed E-state index contributed by atoms with van der Waals surface area (Å²) >= 11 is 0. The third kappa shape index (κ3) is 5.99. The normalized spacial score (nSPS) is 37.9. The maximum absolute atomic E-state index is 13.7. The summed E-state index contributed by atoms with van der Waals surface area (Å²) in [6.07, 6.45) is 4.98. The number of fused-ring (bicyclic) bond motifs is 4. The number of hydrogen-bond donors (Lipinski definition) is 1. The molecule has 0 spiro atoms. The zero-order chi connectivity index (χ0) is 26.0. The van der Waals surface area contributed by atoms with Gasteiger partial charge in [-0.25, -0.2) is 0 Å². The van der Waals surface area contributed by atoms with Crippen LogP contribution in [0.15, 0.2) is 11.6 Å². The number of ether oxygens (including phenoxy) is 3. The molecule has 3 aliphatic rings. The molecule has 8 atom stereocenters. The van der Waals surface area contributed by atoms with Gasteiger partial charge in [0.05, 0.1) is 18.3 Å². The number of esters is 2. The molecule has 2 fully saturated rings. The number of rotatable bonds is 8. The Morgan fingerprint density at radius 1 is 1.20 bits per heavy atom. The van der Waals surface area contributed by atoms with Crippen LogP contribution in [0.3, 0.4) is 0 Å². The lowest BCUT2D eigenvalue weighted by molar-refractivity contribution is -0.255. The zero-order valence-corrected chi connectivity index (χ0v) is 22.3. The van der Waals surface area contributed by atoms with Crippen molar-refractivity contribution in [2.24, 2.45) is 23.7 Å². The van der Waals surface area contributed by atoms with Crippen LogP contribution in [0.2, 0.25) is 0 Å². The predicted octanol–water partition coefficient (Wildman–Crippen LogP) is 4.54. The van der Waals surface area contributed by atoms with E-state index in [-0.39, 0.29) is 48.5 Å². The van der Waals surface area contributed by atoms with Crippen molar-refractivity contribution in [3.8, 4) is 0 Å². The van der Waals surface area contributed by atoms with E-state index in [9.17, 15) is 19.5 Å². The second-order valence-corrected chi connectivity index (χ2v) is 11.4. The lowest BCUT2D eigenvalue weighted by atomic mass is 9.59. The first kappa shape index (κ1) is 27.9. The molecule has 0 radical (unpaired) electrons. The van der Waals surface area contributed by atoms with Gasteiger partial charge in [0.15, 0.2) is 0 Å². The summed E-state index contributed by atoms with van der Waals surface area (Å²) in [4.78, 5) is 38.4. The van der Waals surface area contributed by atoms with Gasteiger partial charge in [0.25, 0.3) is 0 Å². The largest absolute Gasteiger partial charge is 0.465 e. The fraction of sp³-hybridized carbons (Fsp3) is 0.821. The highest BCUT2D eigenvalue weighted by Gasteiger charge is 2.58. The Kier molecular flexibility index (Phi) is 8.85. The number of aliphatic hydroxyl groups is 1. The predicted molar refractivity (Wildman–Crippen MR) is 131 cm³/mol. The molecule has 0 saturated carbocycles. The number of carbonyl (C=O) groups excluding carboxylic acids is 3. The molecule has 7 nitrogen and oxygen atoms in total. The number of carbonyl (C=O) groups is 3. The molecule has 2 bridgehead atoms. The van der Waals surface area contributed by atoms with Crippen molar-refractivity contribution in [3.63, 3.8) is 0 Å². The smallest absolute Gasteiger partial charge is 0.306 e. The second-order valence-electron chi connectivity index (χ2n) is 11.4. The van der Waals surface area contributed by atoms with Crippen molar-refractivity contribution in [3.05, 3.63) is 11.6 Å². The molecule has 0 amide bonds. The lowest BCUT2D eigenvalue weighted by Crippen LogP contribution is -2.64. The van der Waals surface area contributed by atoms with Crippen LogP contribution in [0, 0.1) is 23.7 Å². The van der Waals surface area contributed by atoms with Crippen LogP contribution >= 0.6 is 0 Å². The van der Waals surface area contributed by atoms with Crippen LogP contribution in [0.4, 0.5) is 0 Å². The fourth-order valence-corrected chi connectivity index (χ4v) is 6.37. The zero-order valence-electron chi connectivity index (χ0n) is 22.3. The van der Waals surface area contributed by atoms with Crippen molar-refractivity contribution in [1.29, 1.82) is 0 Å². The van der Waals surface area contributed by atoms with Crippen LogP contribution in [-0.2, 0) is 28.6 Å². The van der Waals surface area contributed by atoms with Gasteiger partial charge in [-0.05, 0) is 64.7 Å². The van der Waals surface area contributed by atoms with E-state index in [1.54, 1.807) is 6.92 Å². The highest BCUT2D eigenvalue weighted by molar-refractivity contribution is 5.85. The molecule has 35 heavy (non-hydrogen) atoms. The molecule has 0 aromatic heterocycles. The van der Waals surface area contributed by atoms with Gasteiger partial charge in [-0.1, -0.05) is 32.4 Å². The number of Topliss-reactive ketones (excluding diaryl/α,β-unsaturated/α-hetero) is 1. The van der Waals surface area contributed by atoms with Crippen LogP contribution in [0.1, 0.15) is 92.9 Å². The fourth-order valence-electron chi connectivity index (χ4n) is 6.37. The van der Waals surface area contributed by atoms with Crippen LogP contribution in [0.25, 0.3) is 0 Å². The van der Waals surface area contributed by atoms with Gasteiger partial charge in [-0.15, -0.1) is 0 Å². The first-order valence-electron chi connectivity index (χ1n) is 13.4. The molecule has 7 heteroatoms. The van der Waals surface area contributed by atoms with E-state index >= 15 is 0 Å². The Morgan fingerprint density at radius 2 is 1.86 bits per heavy atom. The van der Waals surface area contributed by atoms with Crippen LogP contribution in [0.5, 0.6) is 0 Å². The summed E-state index contributed by atoms with van der Waals surface area (Å²) in [6.45, 7) is 11.8. The minimum absolute atomic E-state index is 0.00178. The monoisotopic (exact) mass is 492 g/mol. The first-order valence-corrected chi connectivity index (χ1v) is 13.4. The van der Waals surface area contributed by atoms with E-state index in [0.717, 1.165) is 18.4 Å². The van der Waals surface area contributed by atoms with E-state index in [1.807, 2.05) is 27.7 Å². The first-order chi connectivity index (χ1) is 16.4. The van der Waals surface area contributed by atoms with Gasteiger partial charge in [-0.3, -0.25) is 14.4 Å². The second kappa shape index (κ2) is 11.1. The molecule has 198 valence electrons. The summed E-state index contributed by atoms with van der Waals surface area (Å²) in [5.74, 6) is -1.19. The van der Waals surface area contributed by atoms with Gasteiger partial charge >= 0.3 is 11.9 Å². The minimum atomic E-state index is -1.29. The molecular formula is C28H44O7. The van der Waals surface area contributed by atoms with Gasteiger partial charge in [0.1, 0.15) is 17.5 Å². The SMILES string of the molecule is CCCC(=O)OCC(C)C1CC=C(C)C2C(=O)CC(C)(O)C3CCC(C)(OC(=O)CCC)C(O3)C21. The molecular weight excluding hydrogens is 448 g/mol. The van der Waals surface area contributed by atoms with E-state index in [1.165, 1.54) is 0 Å². The van der Waals surface area contributed by atoms with Gasteiger partial charge in [0.2, 0.25) is 0 Å². The third-order valence-corrected chi connectivity index (χ3v) is 8.31. The number of ketones is 1. The summed E-state index contributed by atoms with van der Waals surface area (Å²) in [5.41, 5.74) is -1.23. The standard InChI is InChI=1S/C28H44O7/c1-7-9-22(30)33-16-18(4)19-12-11-17(3)24-20(29)15-27(5,32)21-13-14-28(6,26(34-21)25(19)24)35-23(31)10-8-2/h11,18-19,21,24-26,32H,7-10,12-16H2,1-6H3. The molecule has 1 aliphatic carbocycles. The maximum atomic E-state index is 13.7. The van der Waals surface area contributed by atoms with E-state index in [4.69, 9.17) is 14.2 Å². The minimum Gasteiger partial charge on any atom is -0.465 e. The van der Waals surface area contributed by atoms with Gasteiger partial charge in [-0.2, -0.15) is 0 Å². The molecule has 2 heterocycles. The van der Waals surface area contributed by atoms with Crippen LogP contribution < -0.4 is 0 Å². The van der Waals surface area contributed by atoms with Gasteiger partial charge in [0, 0.05) is 31.1 Å². The summed E-state index contributed by atoms with van der Waals surface area (Å²) < 4.78 is 18.3. The molecule has 1 N–H and O–H groups in total. The van der Waals surface area contributed by atoms with Crippen molar-refractivity contribution in [2.75, 3.05) is 6.61 Å². The van der Waals surface area contributed by atoms with Crippen molar-refractivity contribution in [1.82, 2.24) is 0 Å². The topological polar surface area (TPSA) is 99.1 Å². The average Bonchev–Trinajstić information content (AvgIpc) is 2.76. The van der Waals surface area contributed by atoms with Gasteiger partial charge < -0.3 is 19.3 Å². The van der Waals surface area contributed by atoms with E-state index in [0.29, 0.717) is 32.1 Å². The van der Waals surface area contributed by atoms with Crippen LogP contribution in [-0.4, -0.2) is 52.8 Å². The molecule has 2 saturated heterocycles. The number of allylic oxidation sites excluding steroid dienone is 2.